The third-order valence-corrected chi connectivity index (χ3v) is 15.2. The van der Waals surface area contributed by atoms with Crippen molar-refractivity contribution < 1.29 is 19.2 Å². The summed E-state index contributed by atoms with van der Waals surface area (Å²) in [5.74, 6) is -0.736. The van der Waals surface area contributed by atoms with Crippen molar-refractivity contribution in [2.45, 2.75) is 161 Å². The van der Waals surface area contributed by atoms with E-state index in [2.05, 4.69) is 73.9 Å². The topological polar surface area (TPSA) is 123 Å². The predicted molar refractivity (Wildman–Crippen MR) is 205 cm³/mol. The molecule has 10 nitrogen and oxygen atoms in total. The van der Waals surface area contributed by atoms with Crippen LogP contribution >= 0.6 is 0 Å². The summed E-state index contributed by atoms with van der Waals surface area (Å²) in [5, 5.41) is 12.9. The molecule has 0 aromatic heterocycles. The van der Waals surface area contributed by atoms with Gasteiger partial charge in [0.2, 0.25) is 23.6 Å². The molecular weight excluding hydrogens is 652 g/mol. The van der Waals surface area contributed by atoms with E-state index in [1.54, 1.807) is 0 Å². The fourth-order valence-electron chi connectivity index (χ4n) is 11.4. The summed E-state index contributed by atoms with van der Waals surface area (Å²) < 4.78 is 0. The Morgan fingerprint density at radius 1 is 0.846 bits per heavy atom. The van der Waals surface area contributed by atoms with Gasteiger partial charge in [0.05, 0.1) is 11.6 Å². The lowest BCUT2D eigenvalue weighted by Crippen LogP contribution is -2.66. The van der Waals surface area contributed by atoms with Crippen LogP contribution in [0.2, 0.25) is 0 Å². The second kappa shape index (κ2) is 13.2. The highest BCUT2D eigenvalue weighted by Gasteiger charge is 2.85. The van der Waals surface area contributed by atoms with Gasteiger partial charge in [-0.15, -0.1) is 6.58 Å². The lowest BCUT2D eigenvalue weighted by Gasteiger charge is -2.49. The van der Waals surface area contributed by atoms with Gasteiger partial charge in [-0.2, -0.15) is 0 Å². The molecule has 6 fully saturated rings. The van der Waals surface area contributed by atoms with Gasteiger partial charge >= 0.3 is 0 Å². The first kappa shape index (κ1) is 38.8. The molecule has 290 valence electrons. The summed E-state index contributed by atoms with van der Waals surface area (Å²) in [6, 6.07) is -2.55. The highest BCUT2D eigenvalue weighted by Crippen LogP contribution is 2.88. The minimum atomic E-state index is -0.884. The molecular formula is C42H68N6O4. The molecule has 7 atom stereocenters. The van der Waals surface area contributed by atoms with Gasteiger partial charge in [-0.3, -0.25) is 24.1 Å². The van der Waals surface area contributed by atoms with Crippen LogP contribution < -0.4 is 21.3 Å². The molecule has 4 aliphatic carbocycles. The number of fused-ring (bicyclic) bond motifs is 1. The van der Waals surface area contributed by atoms with E-state index in [9.17, 15) is 14.4 Å². The summed E-state index contributed by atoms with van der Waals surface area (Å²) in [4.78, 5) is 61.9. The molecule has 0 radical (unpaired) electrons. The van der Waals surface area contributed by atoms with Crippen molar-refractivity contribution in [3.8, 4) is 0 Å². The summed E-state index contributed by atoms with van der Waals surface area (Å²) in [6.45, 7) is 26.5. The highest BCUT2D eigenvalue weighted by atomic mass is 16.2. The standard InChI is InChI=1S/C42H68N6O4/c1-12-28-23-42(28,26(2)43-11)46-34(50)30-24-41(39(9,10)40(41)20-16-21-40)25-47(30)36(52)32(37(3,4)5)45-35(51)31(27-17-14-13-15-18-27)44-33(49)29-19-22-48(29)38(6,7)8/h12,27-32,43H,1-2,13-25H2,3-11H3,(H,44,49)(H,45,51)(H,46,50)/t28-,29?,30?,31?,32-,41-,42+/m1/s1. The normalized spacial score (nSPS) is 33.2. The van der Waals surface area contributed by atoms with Gasteiger partial charge < -0.3 is 26.2 Å². The van der Waals surface area contributed by atoms with Crippen LogP contribution in [0, 0.1) is 33.5 Å². The number of carbonyl (C=O) groups is 4. The van der Waals surface area contributed by atoms with Crippen LogP contribution in [0.15, 0.2) is 24.9 Å². The zero-order valence-corrected chi connectivity index (χ0v) is 33.7. The molecule has 4 N–H and O–H groups in total. The fourth-order valence-corrected chi connectivity index (χ4v) is 11.4. The molecule has 0 aromatic rings. The Balaban J connectivity index is 1.27. The van der Waals surface area contributed by atoms with Crippen molar-refractivity contribution >= 4 is 23.6 Å². The highest BCUT2D eigenvalue weighted by molar-refractivity contribution is 5.96. The largest absolute Gasteiger partial charge is 0.390 e. The molecule has 3 unspecified atom stereocenters. The van der Waals surface area contributed by atoms with Gasteiger partial charge in [0.15, 0.2) is 0 Å². The maximum Gasteiger partial charge on any atom is 0.246 e. The Morgan fingerprint density at radius 3 is 1.96 bits per heavy atom. The molecule has 2 heterocycles. The second-order valence-corrected chi connectivity index (χ2v) is 19.9. The first-order valence-corrected chi connectivity index (χ1v) is 20.2. The van der Waals surface area contributed by atoms with Crippen LogP contribution in [0.4, 0.5) is 0 Å². The molecule has 2 spiro atoms. The number of rotatable bonds is 11. The molecule has 4 saturated carbocycles. The quantitative estimate of drug-likeness (QED) is 0.222. The third kappa shape index (κ3) is 6.01. The summed E-state index contributed by atoms with van der Waals surface area (Å²) in [5.41, 5.74) is -0.719. The van der Waals surface area contributed by atoms with E-state index in [-0.39, 0.29) is 63.3 Å². The predicted octanol–water partition coefficient (Wildman–Crippen LogP) is 5.05. The molecule has 6 aliphatic rings. The Labute approximate surface area is 313 Å². The number of nitrogens with zero attached hydrogens (tertiary/aromatic N) is 2. The first-order chi connectivity index (χ1) is 24.2. The van der Waals surface area contributed by atoms with Gasteiger partial charge in [0.25, 0.3) is 0 Å². The van der Waals surface area contributed by atoms with Crippen LogP contribution in [0.5, 0.6) is 0 Å². The summed E-state index contributed by atoms with van der Waals surface area (Å²) >= 11 is 0. The van der Waals surface area contributed by atoms with E-state index in [0.717, 1.165) is 63.6 Å². The van der Waals surface area contributed by atoms with E-state index >= 15 is 4.79 Å². The third-order valence-electron chi connectivity index (χ3n) is 15.2. The number of hydrogen-bond donors (Lipinski definition) is 4. The van der Waals surface area contributed by atoms with Gasteiger partial charge in [0.1, 0.15) is 18.1 Å². The van der Waals surface area contributed by atoms with E-state index in [1.165, 1.54) is 6.42 Å². The second-order valence-electron chi connectivity index (χ2n) is 19.9. The average Bonchev–Trinajstić information content (AvgIpc) is 3.75. The number of nitrogens with one attached hydrogen (secondary N) is 4. The van der Waals surface area contributed by atoms with Crippen molar-refractivity contribution in [3.63, 3.8) is 0 Å². The van der Waals surface area contributed by atoms with Crippen LogP contribution in [0.25, 0.3) is 0 Å². The van der Waals surface area contributed by atoms with Crippen LogP contribution in [-0.2, 0) is 19.2 Å². The van der Waals surface area contributed by atoms with Gasteiger partial charge in [0, 0.05) is 42.7 Å². The Kier molecular flexibility index (Phi) is 9.82. The maximum atomic E-state index is 15.1. The maximum absolute atomic E-state index is 15.1. The summed E-state index contributed by atoms with van der Waals surface area (Å²) in [6.07, 6.45) is 12.2. The zero-order chi connectivity index (χ0) is 38.2. The lowest BCUT2D eigenvalue weighted by molar-refractivity contribution is -0.145. The SMILES string of the molecule is C=C[C@@H]1C[C@]1(NC(=O)C1C[C@@]2(CN1C(=O)[C@@H](NC(=O)C(NC(=O)C1CCN1C(C)(C)C)C1CCCCC1)C(C)(C)C)C(C)(C)C21CCC1)C(=C)NC. The zero-order valence-electron chi connectivity index (χ0n) is 33.7. The summed E-state index contributed by atoms with van der Waals surface area (Å²) in [7, 11) is 1.81. The Bertz CT molecular complexity index is 1480. The average molecular weight is 721 g/mol. The smallest absolute Gasteiger partial charge is 0.246 e. The molecule has 4 amide bonds. The lowest BCUT2D eigenvalue weighted by atomic mass is 9.73. The molecule has 2 saturated heterocycles. The fraction of sp³-hybridized carbons (Fsp3) is 0.810. The number of hydrogen-bond acceptors (Lipinski definition) is 6. The van der Waals surface area contributed by atoms with E-state index < -0.39 is 29.1 Å². The molecule has 6 rings (SSSR count). The Hall–Kier alpha value is -2.88. The van der Waals surface area contributed by atoms with Gasteiger partial charge in [-0.05, 0) is 87.9 Å². The van der Waals surface area contributed by atoms with Crippen molar-refractivity contribution in [2.75, 3.05) is 20.1 Å². The monoisotopic (exact) mass is 721 g/mol. The first-order valence-electron chi connectivity index (χ1n) is 20.2. The van der Waals surface area contributed by atoms with Gasteiger partial charge in [-0.25, -0.2) is 0 Å². The van der Waals surface area contributed by atoms with Crippen molar-refractivity contribution in [3.05, 3.63) is 24.9 Å². The molecule has 52 heavy (non-hydrogen) atoms. The number of amides is 4. The van der Waals surface area contributed by atoms with Crippen molar-refractivity contribution in [2.24, 2.45) is 33.5 Å². The molecule has 0 bridgehead atoms. The van der Waals surface area contributed by atoms with Crippen LogP contribution in [0.3, 0.4) is 0 Å². The molecule has 0 aromatic carbocycles. The van der Waals surface area contributed by atoms with Crippen molar-refractivity contribution in [1.29, 1.82) is 0 Å². The van der Waals surface area contributed by atoms with Crippen molar-refractivity contribution in [1.82, 2.24) is 31.1 Å². The minimum absolute atomic E-state index is 0.000595. The van der Waals surface area contributed by atoms with E-state index in [1.807, 2.05) is 38.8 Å². The van der Waals surface area contributed by atoms with Crippen LogP contribution in [0.1, 0.15) is 126 Å². The minimum Gasteiger partial charge on any atom is -0.390 e. The number of carbonyl (C=O) groups excluding carboxylic acids is 4. The van der Waals surface area contributed by atoms with Gasteiger partial charge in [-0.1, -0.05) is 73.0 Å². The Morgan fingerprint density at radius 2 is 1.50 bits per heavy atom. The number of likely N-dealkylation sites (N-methyl/N-ethyl adjacent to an activating group) is 1. The van der Waals surface area contributed by atoms with E-state index in [4.69, 9.17) is 0 Å². The van der Waals surface area contributed by atoms with Crippen LogP contribution in [-0.4, -0.2) is 88.8 Å². The molecule has 2 aliphatic heterocycles. The molecule has 10 heteroatoms. The number of likely N-dealkylation sites (tertiary alicyclic amines) is 2. The van der Waals surface area contributed by atoms with E-state index in [0.29, 0.717) is 19.4 Å².